The maximum Gasteiger partial charge on any atom is 0.266 e. The van der Waals surface area contributed by atoms with Gasteiger partial charge in [-0.3, -0.25) is 4.79 Å². The fourth-order valence-electron chi connectivity index (χ4n) is 1.63. The van der Waals surface area contributed by atoms with Crippen LogP contribution in [0, 0.1) is 18.3 Å². The number of halogens is 2. The molecule has 106 valence electrons. The molecule has 0 radical (unpaired) electrons. The zero-order valence-corrected chi connectivity index (χ0v) is 14.1. The van der Waals surface area contributed by atoms with E-state index in [1.165, 1.54) is 11.3 Å². The van der Waals surface area contributed by atoms with E-state index in [1.54, 1.807) is 24.3 Å². The van der Waals surface area contributed by atoms with Crippen molar-refractivity contribution < 1.29 is 4.79 Å². The summed E-state index contributed by atoms with van der Waals surface area (Å²) in [7, 11) is 0. The summed E-state index contributed by atoms with van der Waals surface area (Å²) >= 11 is 10.8. The van der Waals surface area contributed by atoms with Gasteiger partial charge in [-0.25, -0.2) is 0 Å². The molecule has 2 rings (SSSR count). The van der Waals surface area contributed by atoms with E-state index in [0.717, 1.165) is 14.9 Å². The van der Waals surface area contributed by atoms with E-state index >= 15 is 0 Å². The first-order valence-corrected chi connectivity index (χ1v) is 7.98. The van der Waals surface area contributed by atoms with E-state index in [4.69, 9.17) is 16.9 Å². The minimum atomic E-state index is -0.451. The second-order valence-corrected chi connectivity index (χ2v) is 6.47. The number of rotatable bonds is 3. The lowest BCUT2D eigenvalue weighted by Crippen LogP contribution is -2.14. The second-order valence-electron chi connectivity index (χ2n) is 4.20. The van der Waals surface area contributed by atoms with Crippen LogP contribution in [0.25, 0.3) is 6.08 Å². The SMILES string of the molecule is Cc1c(Cl)cccc1NC(=O)/C(C#N)=C/c1cc(Br)cs1. The maximum atomic E-state index is 12.2. The first kappa shape index (κ1) is 15.8. The van der Waals surface area contributed by atoms with Gasteiger partial charge < -0.3 is 5.32 Å². The van der Waals surface area contributed by atoms with Crippen molar-refractivity contribution in [2.45, 2.75) is 6.92 Å². The van der Waals surface area contributed by atoms with Crippen LogP contribution < -0.4 is 5.32 Å². The first-order valence-electron chi connectivity index (χ1n) is 5.93. The van der Waals surface area contributed by atoms with Gasteiger partial charge in [0.2, 0.25) is 0 Å². The highest BCUT2D eigenvalue weighted by molar-refractivity contribution is 9.10. The standard InChI is InChI=1S/C15H10BrClN2OS/c1-9-13(17)3-2-4-14(9)19-15(20)10(7-18)5-12-6-11(16)8-21-12/h2-6,8H,1H3,(H,19,20)/b10-5+. The molecule has 1 amide bonds. The molecule has 0 bridgehead atoms. The largest absolute Gasteiger partial charge is 0.321 e. The van der Waals surface area contributed by atoms with Crippen LogP contribution >= 0.6 is 38.9 Å². The number of nitriles is 1. The van der Waals surface area contributed by atoms with Crippen molar-refractivity contribution in [1.29, 1.82) is 5.26 Å². The number of hydrogen-bond acceptors (Lipinski definition) is 3. The summed E-state index contributed by atoms with van der Waals surface area (Å²) in [6.07, 6.45) is 1.56. The zero-order valence-electron chi connectivity index (χ0n) is 11.0. The number of anilines is 1. The number of nitrogens with zero attached hydrogens (tertiary/aromatic N) is 1. The fraction of sp³-hybridized carbons (Fsp3) is 0.0667. The van der Waals surface area contributed by atoms with Crippen LogP contribution in [0.1, 0.15) is 10.4 Å². The van der Waals surface area contributed by atoms with Gasteiger partial charge in [0.1, 0.15) is 11.6 Å². The highest BCUT2D eigenvalue weighted by atomic mass is 79.9. The third-order valence-corrected chi connectivity index (χ3v) is 4.81. The van der Waals surface area contributed by atoms with Crippen molar-refractivity contribution in [2.75, 3.05) is 5.32 Å². The van der Waals surface area contributed by atoms with Crippen molar-refractivity contribution in [2.24, 2.45) is 0 Å². The lowest BCUT2D eigenvalue weighted by molar-refractivity contribution is -0.112. The molecule has 0 fully saturated rings. The summed E-state index contributed by atoms with van der Waals surface area (Å²) in [5.74, 6) is -0.451. The molecular weight excluding hydrogens is 372 g/mol. The van der Waals surface area contributed by atoms with Gasteiger partial charge in [-0.2, -0.15) is 5.26 Å². The summed E-state index contributed by atoms with van der Waals surface area (Å²) < 4.78 is 0.919. The molecular formula is C15H10BrClN2OS. The molecule has 0 aliphatic heterocycles. The van der Waals surface area contributed by atoms with Crippen LogP contribution in [0.3, 0.4) is 0 Å². The Kier molecular flexibility index (Phi) is 5.18. The summed E-state index contributed by atoms with van der Waals surface area (Å²) in [6, 6.07) is 9.01. The summed E-state index contributed by atoms with van der Waals surface area (Å²) in [6.45, 7) is 1.81. The van der Waals surface area contributed by atoms with Crippen molar-refractivity contribution in [3.8, 4) is 6.07 Å². The Balaban J connectivity index is 2.24. The Morgan fingerprint density at radius 2 is 2.29 bits per heavy atom. The van der Waals surface area contributed by atoms with Crippen LogP contribution in [0.15, 0.2) is 39.7 Å². The Bertz CT molecular complexity index is 761. The van der Waals surface area contributed by atoms with Gasteiger partial charge in [-0.1, -0.05) is 17.7 Å². The number of benzene rings is 1. The molecule has 1 aromatic heterocycles. The minimum Gasteiger partial charge on any atom is -0.321 e. The summed E-state index contributed by atoms with van der Waals surface area (Å²) in [4.78, 5) is 13.0. The van der Waals surface area contributed by atoms with E-state index in [2.05, 4.69) is 21.2 Å². The van der Waals surface area contributed by atoms with Gasteiger partial charge in [0.05, 0.1) is 0 Å². The van der Waals surface area contributed by atoms with Crippen LogP contribution in [-0.4, -0.2) is 5.91 Å². The lowest BCUT2D eigenvalue weighted by atomic mass is 10.1. The van der Waals surface area contributed by atoms with Crippen molar-refractivity contribution in [3.05, 3.63) is 55.2 Å². The molecule has 0 aliphatic rings. The first-order chi connectivity index (χ1) is 10.0. The zero-order chi connectivity index (χ0) is 15.4. The van der Waals surface area contributed by atoms with E-state index in [9.17, 15) is 4.79 Å². The van der Waals surface area contributed by atoms with Crippen LogP contribution in [0.5, 0.6) is 0 Å². The quantitative estimate of drug-likeness (QED) is 0.599. The molecule has 6 heteroatoms. The van der Waals surface area contributed by atoms with Gasteiger partial charge in [-0.15, -0.1) is 11.3 Å². The van der Waals surface area contributed by atoms with Crippen molar-refractivity contribution in [3.63, 3.8) is 0 Å². The molecule has 3 nitrogen and oxygen atoms in total. The maximum absolute atomic E-state index is 12.2. The van der Waals surface area contributed by atoms with Gasteiger partial charge in [0, 0.05) is 25.4 Å². The molecule has 1 N–H and O–H groups in total. The second kappa shape index (κ2) is 6.90. The topological polar surface area (TPSA) is 52.9 Å². The van der Waals surface area contributed by atoms with Crippen molar-refractivity contribution >= 4 is 56.5 Å². The summed E-state index contributed by atoms with van der Waals surface area (Å²) in [5, 5.41) is 14.3. The molecule has 0 saturated carbocycles. The van der Waals surface area contributed by atoms with Gasteiger partial charge >= 0.3 is 0 Å². The molecule has 0 unspecified atom stereocenters. The van der Waals surface area contributed by atoms with Crippen LogP contribution in [-0.2, 0) is 4.79 Å². The van der Waals surface area contributed by atoms with Gasteiger partial charge in [0.15, 0.2) is 0 Å². The number of amides is 1. The highest BCUT2D eigenvalue weighted by Gasteiger charge is 2.12. The van der Waals surface area contributed by atoms with Gasteiger partial charge in [0.25, 0.3) is 5.91 Å². The average molecular weight is 382 g/mol. The minimum absolute atomic E-state index is 0.0451. The summed E-state index contributed by atoms with van der Waals surface area (Å²) in [5.41, 5.74) is 1.41. The third kappa shape index (κ3) is 3.94. The van der Waals surface area contributed by atoms with E-state index < -0.39 is 5.91 Å². The predicted molar refractivity (Wildman–Crippen MR) is 90.4 cm³/mol. The Hall–Kier alpha value is -1.61. The molecule has 1 heterocycles. The van der Waals surface area contributed by atoms with Gasteiger partial charge in [-0.05, 0) is 52.7 Å². The fourth-order valence-corrected chi connectivity index (χ4v) is 3.18. The number of carbonyl (C=O) groups is 1. The van der Waals surface area contributed by atoms with E-state index in [-0.39, 0.29) is 5.57 Å². The third-order valence-electron chi connectivity index (χ3n) is 2.76. The van der Waals surface area contributed by atoms with E-state index in [0.29, 0.717) is 10.7 Å². The number of nitrogens with one attached hydrogen (secondary N) is 1. The molecule has 0 atom stereocenters. The lowest BCUT2D eigenvalue weighted by Gasteiger charge is -2.08. The van der Waals surface area contributed by atoms with Crippen LogP contribution in [0.2, 0.25) is 5.02 Å². The number of hydrogen-bond donors (Lipinski definition) is 1. The molecule has 21 heavy (non-hydrogen) atoms. The molecule has 2 aromatic rings. The normalized spacial score (nSPS) is 11.0. The smallest absolute Gasteiger partial charge is 0.266 e. The molecule has 0 saturated heterocycles. The highest BCUT2D eigenvalue weighted by Crippen LogP contribution is 2.25. The van der Waals surface area contributed by atoms with Crippen molar-refractivity contribution in [1.82, 2.24) is 0 Å². The number of carbonyl (C=O) groups excluding carboxylic acids is 1. The van der Waals surface area contributed by atoms with E-state index in [1.807, 2.05) is 24.4 Å². The molecule has 0 spiro atoms. The molecule has 1 aromatic carbocycles. The molecule has 0 aliphatic carbocycles. The number of thiophene rings is 1. The predicted octanol–water partition coefficient (Wildman–Crippen LogP) is 5.02. The van der Waals surface area contributed by atoms with Crippen LogP contribution in [0.4, 0.5) is 5.69 Å². The monoisotopic (exact) mass is 380 g/mol. The Morgan fingerprint density at radius 3 is 2.90 bits per heavy atom. The Labute approximate surface area is 140 Å². The Morgan fingerprint density at radius 1 is 1.52 bits per heavy atom. The average Bonchev–Trinajstić information content (AvgIpc) is 2.86.